The second-order valence-electron chi connectivity index (χ2n) is 5.72. The molecule has 0 saturated carbocycles. The molecule has 1 aromatic carbocycles. The summed E-state index contributed by atoms with van der Waals surface area (Å²) >= 11 is 0. The van der Waals surface area contributed by atoms with Crippen molar-refractivity contribution in [3.8, 4) is 5.69 Å². The highest BCUT2D eigenvalue weighted by Gasteiger charge is 2.17. The molecule has 2 heterocycles. The van der Waals surface area contributed by atoms with Crippen LogP contribution in [0.1, 0.15) is 24.0 Å². The molecule has 2 aromatic rings. The molecule has 0 amide bonds. The van der Waals surface area contributed by atoms with Gasteiger partial charge in [-0.15, -0.1) is 0 Å². The number of likely N-dealkylation sites (tertiary alicyclic amines) is 1. The summed E-state index contributed by atoms with van der Waals surface area (Å²) in [5.74, 6) is 0. The molecule has 2 N–H and O–H groups in total. The summed E-state index contributed by atoms with van der Waals surface area (Å²) in [6.45, 7) is 5.19. The zero-order valence-corrected chi connectivity index (χ0v) is 12.0. The minimum absolute atomic E-state index is 0.329. The minimum Gasteiger partial charge on any atom is -0.327 e. The van der Waals surface area contributed by atoms with E-state index < -0.39 is 0 Å². The molecule has 1 aliphatic heterocycles. The first-order valence-corrected chi connectivity index (χ1v) is 7.30. The first-order valence-electron chi connectivity index (χ1n) is 7.30. The van der Waals surface area contributed by atoms with Crippen LogP contribution in [0.25, 0.3) is 5.69 Å². The predicted octanol–water partition coefficient (Wildman–Crippen LogP) is 2.10. The molecule has 0 aliphatic carbocycles. The van der Waals surface area contributed by atoms with Crippen molar-refractivity contribution < 1.29 is 0 Å². The molecule has 106 valence electrons. The minimum atomic E-state index is 0.329. The van der Waals surface area contributed by atoms with Crippen molar-refractivity contribution in [1.29, 1.82) is 0 Å². The Bertz CT molecular complexity index is 575. The van der Waals surface area contributed by atoms with Gasteiger partial charge in [0.15, 0.2) is 0 Å². The van der Waals surface area contributed by atoms with Crippen molar-refractivity contribution in [2.24, 2.45) is 5.73 Å². The first kappa shape index (κ1) is 13.3. The Kier molecular flexibility index (Phi) is 3.85. The van der Waals surface area contributed by atoms with Gasteiger partial charge in [-0.1, -0.05) is 18.2 Å². The summed E-state index contributed by atoms with van der Waals surface area (Å²) in [5.41, 5.74) is 9.67. The van der Waals surface area contributed by atoms with Crippen LogP contribution in [-0.2, 0) is 6.54 Å². The average Bonchev–Trinajstić information content (AvgIpc) is 2.87. The maximum Gasteiger partial charge on any atom is 0.0674 e. The van der Waals surface area contributed by atoms with Gasteiger partial charge in [0.05, 0.1) is 11.9 Å². The van der Waals surface area contributed by atoms with Crippen molar-refractivity contribution in [3.05, 3.63) is 47.8 Å². The molecule has 4 heteroatoms. The first-order chi connectivity index (χ1) is 9.72. The third-order valence-electron chi connectivity index (χ3n) is 3.95. The molecule has 0 spiro atoms. The molecule has 0 unspecified atom stereocenters. The lowest BCUT2D eigenvalue weighted by Crippen LogP contribution is -2.42. The largest absolute Gasteiger partial charge is 0.327 e. The molecule has 1 fully saturated rings. The van der Waals surface area contributed by atoms with E-state index in [-0.39, 0.29) is 0 Å². The highest BCUT2D eigenvalue weighted by Crippen LogP contribution is 2.16. The third-order valence-corrected chi connectivity index (χ3v) is 3.95. The van der Waals surface area contributed by atoms with Gasteiger partial charge >= 0.3 is 0 Å². The smallest absolute Gasteiger partial charge is 0.0674 e. The van der Waals surface area contributed by atoms with Gasteiger partial charge in [-0.05, 0) is 37.9 Å². The average molecular weight is 270 g/mol. The van der Waals surface area contributed by atoms with Crippen LogP contribution in [0.5, 0.6) is 0 Å². The van der Waals surface area contributed by atoms with E-state index in [0.717, 1.165) is 31.7 Å². The molecule has 20 heavy (non-hydrogen) atoms. The van der Waals surface area contributed by atoms with E-state index >= 15 is 0 Å². The third kappa shape index (κ3) is 2.92. The number of rotatable bonds is 3. The number of para-hydroxylation sites is 1. The van der Waals surface area contributed by atoms with Crippen molar-refractivity contribution >= 4 is 0 Å². The Balaban J connectivity index is 1.72. The Morgan fingerprint density at radius 2 is 2.20 bits per heavy atom. The second-order valence-corrected chi connectivity index (χ2v) is 5.72. The van der Waals surface area contributed by atoms with Crippen LogP contribution in [0.3, 0.4) is 0 Å². The van der Waals surface area contributed by atoms with Crippen LogP contribution in [0.4, 0.5) is 0 Å². The van der Waals surface area contributed by atoms with E-state index in [0.29, 0.717) is 6.04 Å². The molecule has 1 atom stereocenters. The summed E-state index contributed by atoms with van der Waals surface area (Å²) in [4.78, 5) is 2.42. The maximum absolute atomic E-state index is 6.03. The van der Waals surface area contributed by atoms with E-state index in [1.807, 2.05) is 16.9 Å². The second kappa shape index (κ2) is 5.77. The van der Waals surface area contributed by atoms with Crippen LogP contribution in [-0.4, -0.2) is 33.8 Å². The molecule has 1 aromatic heterocycles. The number of aryl methyl sites for hydroxylation is 1. The fourth-order valence-electron chi connectivity index (χ4n) is 2.89. The topological polar surface area (TPSA) is 47.1 Å². The predicted molar refractivity (Wildman–Crippen MR) is 80.8 cm³/mol. The van der Waals surface area contributed by atoms with Gasteiger partial charge in [-0.3, -0.25) is 4.90 Å². The number of hydrogen-bond acceptors (Lipinski definition) is 3. The number of nitrogens with zero attached hydrogens (tertiary/aromatic N) is 3. The van der Waals surface area contributed by atoms with E-state index in [2.05, 4.69) is 41.3 Å². The number of hydrogen-bond donors (Lipinski definition) is 1. The molecule has 1 saturated heterocycles. The van der Waals surface area contributed by atoms with Gasteiger partial charge in [0.25, 0.3) is 0 Å². The van der Waals surface area contributed by atoms with Crippen molar-refractivity contribution in [2.75, 3.05) is 13.1 Å². The lowest BCUT2D eigenvalue weighted by atomic mass is 10.1. The molecule has 3 rings (SSSR count). The van der Waals surface area contributed by atoms with Crippen LogP contribution in [0.2, 0.25) is 0 Å². The van der Waals surface area contributed by atoms with E-state index in [4.69, 9.17) is 5.73 Å². The Morgan fingerprint density at radius 3 is 3.00 bits per heavy atom. The molecule has 1 aliphatic rings. The quantitative estimate of drug-likeness (QED) is 0.929. The van der Waals surface area contributed by atoms with E-state index in [1.54, 1.807) is 0 Å². The Labute approximate surface area is 120 Å². The summed E-state index contributed by atoms with van der Waals surface area (Å²) in [7, 11) is 0. The van der Waals surface area contributed by atoms with Gasteiger partial charge < -0.3 is 5.73 Å². The van der Waals surface area contributed by atoms with Gasteiger partial charge in [0.1, 0.15) is 0 Å². The molecular weight excluding hydrogens is 248 g/mol. The van der Waals surface area contributed by atoms with Gasteiger partial charge in [-0.2, -0.15) is 5.10 Å². The monoisotopic (exact) mass is 270 g/mol. The standard InChI is InChI=1S/C16H22N4/c1-13-5-2-3-7-16(13)20-11-14(9-18-20)10-19-8-4-6-15(17)12-19/h2-3,5,7,9,11,15H,4,6,8,10,12,17H2,1H3/t15-/m0/s1. The lowest BCUT2D eigenvalue weighted by Gasteiger charge is -2.30. The highest BCUT2D eigenvalue weighted by atomic mass is 15.3. The number of nitrogens with two attached hydrogens (primary N) is 1. The SMILES string of the molecule is Cc1ccccc1-n1cc(CN2CCC[C@H](N)C2)cn1. The fraction of sp³-hybridized carbons (Fsp3) is 0.438. The molecule has 4 nitrogen and oxygen atoms in total. The Morgan fingerprint density at radius 1 is 1.35 bits per heavy atom. The zero-order chi connectivity index (χ0) is 13.9. The summed E-state index contributed by atoms with van der Waals surface area (Å²) in [5, 5.41) is 4.49. The summed E-state index contributed by atoms with van der Waals surface area (Å²) in [6, 6.07) is 8.64. The highest BCUT2D eigenvalue weighted by molar-refractivity contribution is 5.39. The van der Waals surface area contributed by atoms with Gasteiger partial charge in [0, 0.05) is 30.9 Å². The summed E-state index contributed by atoms with van der Waals surface area (Å²) in [6.07, 6.45) is 6.45. The van der Waals surface area contributed by atoms with Gasteiger partial charge in [-0.25, -0.2) is 4.68 Å². The van der Waals surface area contributed by atoms with E-state index in [1.165, 1.54) is 17.5 Å². The van der Waals surface area contributed by atoms with E-state index in [9.17, 15) is 0 Å². The number of benzene rings is 1. The van der Waals surface area contributed by atoms with Crippen LogP contribution in [0.15, 0.2) is 36.7 Å². The summed E-state index contributed by atoms with van der Waals surface area (Å²) < 4.78 is 1.97. The fourth-order valence-corrected chi connectivity index (χ4v) is 2.89. The van der Waals surface area contributed by atoms with Crippen molar-refractivity contribution in [1.82, 2.24) is 14.7 Å². The molecule has 0 bridgehead atoms. The number of piperidine rings is 1. The maximum atomic E-state index is 6.03. The van der Waals surface area contributed by atoms with Gasteiger partial charge in [0.2, 0.25) is 0 Å². The van der Waals surface area contributed by atoms with Crippen molar-refractivity contribution in [3.63, 3.8) is 0 Å². The van der Waals surface area contributed by atoms with Crippen molar-refractivity contribution in [2.45, 2.75) is 32.4 Å². The normalized spacial score (nSPS) is 20.2. The molecule has 0 radical (unpaired) electrons. The molecular formula is C16H22N4. The zero-order valence-electron chi connectivity index (χ0n) is 12.0. The number of aromatic nitrogens is 2. The van der Waals surface area contributed by atoms with Crippen LogP contribution < -0.4 is 5.73 Å². The van der Waals surface area contributed by atoms with Crippen LogP contribution >= 0.6 is 0 Å². The lowest BCUT2D eigenvalue weighted by molar-refractivity contribution is 0.201. The van der Waals surface area contributed by atoms with Crippen LogP contribution in [0, 0.1) is 6.92 Å². The Hall–Kier alpha value is -1.65.